The second kappa shape index (κ2) is 5.43. The van der Waals surface area contributed by atoms with Gasteiger partial charge in [-0.05, 0) is 39.0 Å². The molecule has 0 amide bonds. The molecular weight excluding hydrogens is 160 g/mol. The molecule has 1 aliphatic carbocycles. The lowest BCUT2D eigenvalue weighted by Crippen LogP contribution is -2.18. The van der Waals surface area contributed by atoms with Gasteiger partial charge in [-0.25, -0.2) is 0 Å². The molecule has 0 saturated heterocycles. The molecule has 1 rings (SSSR count). The predicted molar refractivity (Wildman–Crippen MR) is 56.6 cm³/mol. The number of aliphatic hydroxyl groups excluding tert-OH is 1. The predicted octanol–water partition coefficient (Wildman–Crippen LogP) is 3.28. The SMILES string of the molecule is CC(C)=CC[C@@H]1CCCCC[C@H]1O. The quantitative estimate of drug-likeness (QED) is 0.513. The zero-order valence-electron chi connectivity index (χ0n) is 8.92. The van der Waals surface area contributed by atoms with Gasteiger partial charge in [0.2, 0.25) is 0 Å². The summed E-state index contributed by atoms with van der Waals surface area (Å²) >= 11 is 0. The summed E-state index contributed by atoms with van der Waals surface area (Å²) in [6.45, 7) is 4.26. The van der Waals surface area contributed by atoms with Crippen molar-refractivity contribution in [3.8, 4) is 0 Å². The minimum atomic E-state index is -0.0434. The van der Waals surface area contributed by atoms with Crippen LogP contribution >= 0.6 is 0 Å². The first-order chi connectivity index (χ1) is 6.20. The van der Waals surface area contributed by atoms with E-state index in [2.05, 4.69) is 19.9 Å². The van der Waals surface area contributed by atoms with Gasteiger partial charge in [0.05, 0.1) is 6.10 Å². The fourth-order valence-electron chi connectivity index (χ4n) is 2.03. The Labute approximate surface area is 81.9 Å². The van der Waals surface area contributed by atoms with Gasteiger partial charge in [0.1, 0.15) is 0 Å². The van der Waals surface area contributed by atoms with E-state index in [1.165, 1.54) is 31.3 Å². The summed E-state index contributed by atoms with van der Waals surface area (Å²) in [5.41, 5.74) is 1.37. The lowest BCUT2D eigenvalue weighted by atomic mass is 9.93. The van der Waals surface area contributed by atoms with E-state index in [1.807, 2.05) is 0 Å². The molecule has 0 aromatic carbocycles. The van der Waals surface area contributed by atoms with Crippen LogP contribution in [0.4, 0.5) is 0 Å². The van der Waals surface area contributed by atoms with Crippen molar-refractivity contribution in [3.63, 3.8) is 0 Å². The van der Waals surface area contributed by atoms with Crippen LogP contribution in [0, 0.1) is 5.92 Å². The Morgan fingerprint density at radius 3 is 2.62 bits per heavy atom. The summed E-state index contributed by atoms with van der Waals surface area (Å²) in [5.74, 6) is 0.525. The van der Waals surface area contributed by atoms with E-state index in [-0.39, 0.29) is 6.10 Å². The summed E-state index contributed by atoms with van der Waals surface area (Å²) in [6, 6.07) is 0. The van der Waals surface area contributed by atoms with Crippen LogP contribution in [0.2, 0.25) is 0 Å². The van der Waals surface area contributed by atoms with Crippen LogP contribution in [0.5, 0.6) is 0 Å². The van der Waals surface area contributed by atoms with Crippen molar-refractivity contribution in [2.45, 2.75) is 58.5 Å². The van der Waals surface area contributed by atoms with Gasteiger partial charge < -0.3 is 5.11 Å². The molecule has 0 heterocycles. The molecule has 13 heavy (non-hydrogen) atoms. The molecular formula is C12H22O. The van der Waals surface area contributed by atoms with Crippen LogP contribution < -0.4 is 0 Å². The van der Waals surface area contributed by atoms with Crippen LogP contribution in [0.3, 0.4) is 0 Å². The number of allylic oxidation sites excluding steroid dienone is 2. The molecule has 0 bridgehead atoms. The first-order valence-corrected chi connectivity index (χ1v) is 5.51. The summed E-state index contributed by atoms with van der Waals surface area (Å²) in [6.07, 6.45) is 9.35. The van der Waals surface area contributed by atoms with E-state index in [0.29, 0.717) is 5.92 Å². The highest BCUT2D eigenvalue weighted by atomic mass is 16.3. The van der Waals surface area contributed by atoms with Gasteiger partial charge in [0.25, 0.3) is 0 Å². The van der Waals surface area contributed by atoms with Crippen molar-refractivity contribution in [2.24, 2.45) is 5.92 Å². The Hall–Kier alpha value is -0.300. The van der Waals surface area contributed by atoms with Gasteiger partial charge in [-0.2, -0.15) is 0 Å². The minimum Gasteiger partial charge on any atom is -0.393 e. The normalized spacial score (nSPS) is 29.5. The molecule has 0 aliphatic heterocycles. The number of rotatable bonds is 2. The van der Waals surface area contributed by atoms with E-state index in [9.17, 15) is 5.11 Å². The standard InChI is InChI=1S/C12H22O/c1-10(2)8-9-11-6-4-3-5-7-12(11)13/h8,11-13H,3-7,9H2,1-2H3/t11-,12+/m0/s1. The highest BCUT2D eigenvalue weighted by Crippen LogP contribution is 2.26. The van der Waals surface area contributed by atoms with Gasteiger partial charge in [-0.3, -0.25) is 0 Å². The molecule has 1 fully saturated rings. The fourth-order valence-corrected chi connectivity index (χ4v) is 2.03. The Morgan fingerprint density at radius 1 is 1.23 bits per heavy atom. The van der Waals surface area contributed by atoms with Gasteiger partial charge in [-0.1, -0.05) is 30.9 Å². The Morgan fingerprint density at radius 2 is 1.92 bits per heavy atom. The maximum atomic E-state index is 9.83. The molecule has 76 valence electrons. The zero-order valence-corrected chi connectivity index (χ0v) is 8.92. The monoisotopic (exact) mass is 182 g/mol. The van der Waals surface area contributed by atoms with Gasteiger partial charge >= 0.3 is 0 Å². The molecule has 0 unspecified atom stereocenters. The van der Waals surface area contributed by atoms with E-state index in [4.69, 9.17) is 0 Å². The van der Waals surface area contributed by atoms with Crippen molar-refractivity contribution in [1.82, 2.24) is 0 Å². The number of hydrogen-bond acceptors (Lipinski definition) is 1. The summed E-state index contributed by atoms with van der Waals surface area (Å²) in [5, 5.41) is 9.83. The van der Waals surface area contributed by atoms with Crippen molar-refractivity contribution in [2.75, 3.05) is 0 Å². The Kier molecular flexibility index (Phi) is 4.51. The van der Waals surface area contributed by atoms with Crippen LogP contribution in [-0.2, 0) is 0 Å². The highest BCUT2D eigenvalue weighted by Gasteiger charge is 2.19. The molecule has 1 nitrogen and oxygen atoms in total. The molecule has 1 N–H and O–H groups in total. The second-order valence-electron chi connectivity index (χ2n) is 4.48. The Balaban J connectivity index is 2.40. The third-order valence-corrected chi connectivity index (χ3v) is 2.95. The van der Waals surface area contributed by atoms with Crippen LogP contribution in [0.1, 0.15) is 52.4 Å². The number of aliphatic hydroxyl groups is 1. The fraction of sp³-hybridized carbons (Fsp3) is 0.833. The molecule has 2 atom stereocenters. The van der Waals surface area contributed by atoms with Crippen LogP contribution in [0.15, 0.2) is 11.6 Å². The lowest BCUT2D eigenvalue weighted by molar-refractivity contribution is 0.102. The molecule has 0 aromatic heterocycles. The van der Waals surface area contributed by atoms with E-state index in [1.54, 1.807) is 0 Å². The van der Waals surface area contributed by atoms with Crippen molar-refractivity contribution in [3.05, 3.63) is 11.6 Å². The topological polar surface area (TPSA) is 20.2 Å². The molecule has 0 radical (unpaired) electrons. The van der Waals surface area contributed by atoms with E-state index >= 15 is 0 Å². The Bertz CT molecular complexity index is 168. The zero-order chi connectivity index (χ0) is 9.68. The lowest BCUT2D eigenvalue weighted by Gasteiger charge is -2.18. The van der Waals surface area contributed by atoms with Crippen molar-refractivity contribution < 1.29 is 5.11 Å². The van der Waals surface area contributed by atoms with Crippen molar-refractivity contribution in [1.29, 1.82) is 0 Å². The van der Waals surface area contributed by atoms with Gasteiger partial charge in [-0.15, -0.1) is 0 Å². The van der Waals surface area contributed by atoms with Crippen LogP contribution in [0.25, 0.3) is 0 Å². The van der Waals surface area contributed by atoms with E-state index in [0.717, 1.165) is 12.8 Å². The first-order valence-electron chi connectivity index (χ1n) is 5.51. The molecule has 1 heteroatoms. The second-order valence-corrected chi connectivity index (χ2v) is 4.48. The summed E-state index contributed by atoms with van der Waals surface area (Å²) in [4.78, 5) is 0. The first kappa shape index (κ1) is 10.8. The smallest absolute Gasteiger partial charge is 0.0571 e. The molecule has 0 aromatic rings. The average Bonchev–Trinajstić information content (AvgIpc) is 2.27. The largest absolute Gasteiger partial charge is 0.393 e. The third kappa shape index (κ3) is 3.95. The maximum absolute atomic E-state index is 9.83. The summed E-state index contributed by atoms with van der Waals surface area (Å²) in [7, 11) is 0. The minimum absolute atomic E-state index is 0.0434. The highest BCUT2D eigenvalue weighted by molar-refractivity contribution is 4.95. The molecule has 1 aliphatic rings. The average molecular weight is 182 g/mol. The van der Waals surface area contributed by atoms with Crippen molar-refractivity contribution >= 4 is 0 Å². The van der Waals surface area contributed by atoms with E-state index < -0.39 is 0 Å². The van der Waals surface area contributed by atoms with Gasteiger partial charge in [0.15, 0.2) is 0 Å². The van der Waals surface area contributed by atoms with Gasteiger partial charge in [0, 0.05) is 0 Å². The molecule has 0 spiro atoms. The molecule has 1 saturated carbocycles. The third-order valence-electron chi connectivity index (χ3n) is 2.95. The maximum Gasteiger partial charge on any atom is 0.0571 e. The summed E-state index contributed by atoms with van der Waals surface area (Å²) < 4.78 is 0. The van der Waals surface area contributed by atoms with Crippen LogP contribution in [-0.4, -0.2) is 11.2 Å². The number of hydrogen-bond donors (Lipinski definition) is 1.